The number of hydrogen-bond acceptors (Lipinski definition) is 7. The molecule has 0 radical (unpaired) electrons. The molecule has 5 rings (SSSR count). The zero-order valence-corrected chi connectivity index (χ0v) is 26.0. The molecule has 0 bridgehead atoms. The van der Waals surface area contributed by atoms with E-state index in [4.69, 9.17) is 9.47 Å². The number of anilines is 1. The standard InChI is InChI=1S/C34H42N6O4/c1-38(2)27-17-15-25(16-18-27)33(34(42)35-26-10-6-5-7-11-26)39(21-20-24-14-19-30(43-3)31(22-24)44-4)32(41)23-40-29-13-9-8-12-28(29)36-37-40/h8-9,12-19,22,26,33H,5-7,10-11,20-21,23H2,1-4H3,(H,35,42). The molecule has 3 aromatic carbocycles. The summed E-state index contributed by atoms with van der Waals surface area (Å²) < 4.78 is 12.5. The Kier molecular flexibility index (Phi) is 9.99. The molecular weight excluding hydrogens is 556 g/mol. The summed E-state index contributed by atoms with van der Waals surface area (Å²) >= 11 is 0. The lowest BCUT2D eigenvalue weighted by molar-refractivity contribution is -0.141. The molecule has 1 fully saturated rings. The number of methoxy groups -OCH3 is 2. The summed E-state index contributed by atoms with van der Waals surface area (Å²) in [6.45, 7) is 0.259. The molecule has 1 aliphatic carbocycles. The molecule has 0 aliphatic heterocycles. The maximum absolute atomic E-state index is 14.3. The smallest absolute Gasteiger partial charge is 0.247 e. The van der Waals surface area contributed by atoms with Crippen molar-refractivity contribution in [3.63, 3.8) is 0 Å². The highest BCUT2D eigenvalue weighted by Crippen LogP contribution is 2.30. The number of hydrogen-bond donors (Lipinski definition) is 1. The monoisotopic (exact) mass is 598 g/mol. The molecule has 1 saturated carbocycles. The van der Waals surface area contributed by atoms with Gasteiger partial charge in [0.1, 0.15) is 18.1 Å². The number of nitrogens with zero attached hydrogens (tertiary/aromatic N) is 5. The average molecular weight is 599 g/mol. The van der Waals surface area contributed by atoms with Crippen molar-refractivity contribution in [3.8, 4) is 11.5 Å². The molecular formula is C34H42N6O4. The summed E-state index contributed by atoms with van der Waals surface area (Å²) in [7, 11) is 7.15. The number of ether oxygens (including phenoxy) is 2. The molecule has 1 atom stereocenters. The first-order valence-corrected chi connectivity index (χ1v) is 15.2. The van der Waals surface area contributed by atoms with Crippen molar-refractivity contribution in [1.29, 1.82) is 0 Å². The molecule has 0 spiro atoms. The number of fused-ring (bicyclic) bond motifs is 1. The van der Waals surface area contributed by atoms with Gasteiger partial charge in [0.15, 0.2) is 11.5 Å². The van der Waals surface area contributed by atoms with Crippen molar-refractivity contribution in [1.82, 2.24) is 25.2 Å². The molecule has 2 amide bonds. The molecule has 232 valence electrons. The lowest BCUT2D eigenvalue weighted by atomic mass is 9.94. The third kappa shape index (κ3) is 7.12. The minimum absolute atomic E-state index is 0.0462. The van der Waals surface area contributed by atoms with E-state index in [9.17, 15) is 9.59 Å². The van der Waals surface area contributed by atoms with E-state index >= 15 is 0 Å². The maximum Gasteiger partial charge on any atom is 0.247 e. The van der Waals surface area contributed by atoms with Crippen LogP contribution in [0.1, 0.15) is 49.3 Å². The van der Waals surface area contributed by atoms with E-state index in [0.717, 1.165) is 48.0 Å². The molecule has 0 saturated heterocycles. The van der Waals surface area contributed by atoms with Crippen LogP contribution < -0.4 is 19.7 Å². The normalized spacial score (nSPS) is 14.2. The van der Waals surface area contributed by atoms with Crippen molar-refractivity contribution in [2.75, 3.05) is 39.8 Å². The molecule has 1 unspecified atom stereocenters. The molecule has 44 heavy (non-hydrogen) atoms. The predicted octanol–water partition coefficient (Wildman–Crippen LogP) is 4.78. The van der Waals surface area contributed by atoms with E-state index in [0.29, 0.717) is 30.0 Å². The summed E-state index contributed by atoms with van der Waals surface area (Å²) in [6, 6.07) is 20.4. The van der Waals surface area contributed by atoms with Gasteiger partial charge in [-0.3, -0.25) is 9.59 Å². The molecule has 1 N–H and O–H groups in total. The Morgan fingerprint density at radius 3 is 2.39 bits per heavy atom. The van der Waals surface area contributed by atoms with Gasteiger partial charge in [-0.15, -0.1) is 5.10 Å². The molecule has 1 aliphatic rings. The van der Waals surface area contributed by atoms with Gasteiger partial charge in [0.05, 0.1) is 19.7 Å². The molecule has 1 heterocycles. The summed E-state index contributed by atoms with van der Waals surface area (Å²) in [5.41, 5.74) is 4.20. The number of para-hydroxylation sites is 1. The van der Waals surface area contributed by atoms with E-state index in [2.05, 4.69) is 15.6 Å². The highest BCUT2D eigenvalue weighted by Gasteiger charge is 2.33. The highest BCUT2D eigenvalue weighted by molar-refractivity contribution is 5.89. The summed E-state index contributed by atoms with van der Waals surface area (Å²) in [5, 5.41) is 11.8. The topological polar surface area (TPSA) is 102 Å². The Morgan fingerprint density at radius 2 is 1.68 bits per heavy atom. The zero-order valence-electron chi connectivity index (χ0n) is 26.0. The van der Waals surface area contributed by atoms with E-state index in [-0.39, 0.29) is 24.4 Å². The summed E-state index contributed by atoms with van der Waals surface area (Å²) in [4.78, 5) is 32.2. The fourth-order valence-corrected chi connectivity index (χ4v) is 5.89. The fourth-order valence-electron chi connectivity index (χ4n) is 5.89. The second kappa shape index (κ2) is 14.2. The lowest BCUT2D eigenvalue weighted by Crippen LogP contribution is -2.48. The van der Waals surface area contributed by atoms with Gasteiger partial charge in [0.25, 0.3) is 0 Å². The SMILES string of the molecule is COc1ccc(CCN(C(=O)Cn2nnc3ccccc32)C(C(=O)NC2CCCCC2)c2ccc(N(C)C)cc2)cc1OC. The average Bonchev–Trinajstić information content (AvgIpc) is 3.45. The van der Waals surface area contributed by atoms with Crippen LogP contribution in [0.4, 0.5) is 5.69 Å². The van der Waals surface area contributed by atoms with Gasteiger partial charge < -0.3 is 24.6 Å². The van der Waals surface area contributed by atoms with E-state index in [1.807, 2.05) is 85.7 Å². The first-order chi connectivity index (χ1) is 21.4. The summed E-state index contributed by atoms with van der Waals surface area (Å²) in [5.74, 6) is 0.857. The highest BCUT2D eigenvalue weighted by atomic mass is 16.5. The van der Waals surface area contributed by atoms with Crippen molar-refractivity contribution >= 4 is 28.5 Å². The number of rotatable bonds is 12. The van der Waals surface area contributed by atoms with E-state index in [1.54, 1.807) is 23.8 Å². The largest absolute Gasteiger partial charge is 0.493 e. The fraction of sp³-hybridized carbons (Fsp3) is 0.412. The van der Waals surface area contributed by atoms with Crippen LogP contribution in [0.15, 0.2) is 66.7 Å². The number of amides is 2. The van der Waals surface area contributed by atoms with Gasteiger partial charge in [0.2, 0.25) is 11.8 Å². The van der Waals surface area contributed by atoms with Gasteiger partial charge in [-0.1, -0.05) is 54.8 Å². The van der Waals surface area contributed by atoms with Crippen LogP contribution in [-0.4, -0.2) is 72.6 Å². The Bertz CT molecular complexity index is 1560. The number of nitrogens with one attached hydrogen (secondary N) is 1. The number of benzene rings is 3. The van der Waals surface area contributed by atoms with Crippen molar-refractivity contribution in [3.05, 3.63) is 77.9 Å². The van der Waals surface area contributed by atoms with Crippen LogP contribution in [-0.2, 0) is 22.6 Å². The van der Waals surface area contributed by atoms with Crippen molar-refractivity contribution < 1.29 is 19.1 Å². The van der Waals surface area contributed by atoms with Crippen LogP contribution in [0.25, 0.3) is 11.0 Å². The molecule has 10 nitrogen and oxygen atoms in total. The Morgan fingerprint density at radius 1 is 0.955 bits per heavy atom. The Balaban J connectivity index is 1.50. The summed E-state index contributed by atoms with van der Waals surface area (Å²) in [6.07, 6.45) is 5.77. The van der Waals surface area contributed by atoms with Crippen LogP contribution in [0.3, 0.4) is 0 Å². The maximum atomic E-state index is 14.3. The Hall–Kier alpha value is -4.60. The lowest BCUT2D eigenvalue weighted by Gasteiger charge is -2.34. The van der Waals surface area contributed by atoms with Gasteiger partial charge in [-0.05, 0) is 66.8 Å². The van der Waals surface area contributed by atoms with Crippen molar-refractivity contribution in [2.24, 2.45) is 0 Å². The predicted molar refractivity (Wildman–Crippen MR) is 171 cm³/mol. The second-order valence-corrected chi connectivity index (χ2v) is 11.5. The third-order valence-electron chi connectivity index (χ3n) is 8.35. The molecule has 10 heteroatoms. The van der Waals surface area contributed by atoms with Crippen molar-refractivity contribution in [2.45, 2.75) is 57.2 Å². The van der Waals surface area contributed by atoms with Gasteiger partial charge in [0, 0.05) is 32.4 Å². The van der Waals surface area contributed by atoms with E-state index < -0.39 is 6.04 Å². The molecule has 4 aromatic rings. The minimum atomic E-state index is -0.824. The van der Waals surface area contributed by atoms with Gasteiger partial charge >= 0.3 is 0 Å². The minimum Gasteiger partial charge on any atom is -0.493 e. The van der Waals surface area contributed by atoms with Crippen LogP contribution >= 0.6 is 0 Å². The first-order valence-electron chi connectivity index (χ1n) is 15.2. The van der Waals surface area contributed by atoms with Gasteiger partial charge in [-0.2, -0.15) is 0 Å². The van der Waals surface area contributed by atoms with E-state index in [1.165, 1.54) is 6.42 Å². The Labute approximate surface area is 258 Å². The third-order valence-corrected chi connectivity index (χ3v) is 8.35. The van der Waals surface area contributed by atoms with Crippen LogP contribution in [0, 0.1) is 0 Å². The first kappa shape index (κ1) is 30.8. The van der Waals surface area contributed by atoms with Crippen LogP contribution in [0.2, 0.25) is 0 Å². The zero-order chi connectivity index (χ0) is 31.1. The number of aromatic nitrogens is 3. The van der Waals surface area contributed by atoms with Crippen LogP contribution in [0.5, 0.6) is 11.5 Å². The second-order valence-electron chi connectivity index (χ2n) is 11.5. The quantitative estimate of drug-likeness (QED) is 0.251. The molecule has 1 aromatic heterocycles. The number of carbonyl (C=O) groups excluding carboxylic acids is 2. The van der Waals surface area contributed by atoms with Gasteiger partial charge in [-0.25, -0.2) is 4.68 Å². The number of carbonyl (C=O) groups is 2.